The molecular formula is C17H32O4. The van der Waals surface area contributed by atoms with Gasteiger partial charge in [0.15, 0.2) is 5.79 Å². The molecule has 0 amide bonds. The van der Waals surface area contributed by atoms with E-state index in [1.165, 1.54) is 51.4 Å². The topological polar surface area (TPSA) is 55.8 Å². The van der Waals surface area contributed by atoms with E-state index in [1.54, 1.807) is 0 Å². The molecule has 0 aromatic rings. The molecule has 0 atom stereocenters. The molecule has 1 aliphatic rings. The third-order valence-electron chi connectivity index (χ3n) is 4.17. The molecule has 0 aliphatic carbocycles. The summed E-state index contributed by atoms with van der Waals surface area (Å²) in [6, 6.07) is 0. The highest BCUT2D eigenvalue weighted by molar-refractivity contribution is 5.66. The van der Waals surface area contributed by atoms with Gasteiger partial charge in [0.1, 0.15) is 0 Å². The summed E-state index contributed by atoms with van der Waals surface area (Å²) in [6.07, 6.45) is 13.3. The van der Waals surface area contributed by atoms with E-state index in [0.29, 0.717) is 6.42 Å². The number of carboxylic acid groups (broad SMARTS) is 1. The van der Waals surface area contributed by atoms with Crippen LogP contribution in [0.5, 0.6) is 0 Å². The summed E-state index contributed by atoms with van der Waals surface area (Å²) in [5, 5.41) is 8.53. The summed E-state index contributed by atoms with van der Waals surface area (Å²) >= 11 is 0. The van der Waals surface area contributed by atoms with Gasteiger partial charge in [-0.15, -0.1) is 0 Å². The highest BCUT2D eigenvalue weighted by Gasteiger charge is 2.29. The summed E-state index contributed by atoms with van der Waals surface area (Å²) < 4.78 is 11.2. The molecule has 0 saturated carbocycles. The van der Waals surface area contributed by atoms with Crippen LogP contribution in [0.15, 0.2) is 0 Å². The lowest BCUT2D eigenvalue weighted by atomic mass is 10.0. The maximum atomic E-state index is 10.3. The van der Waals surface area contributed by atoms with E-state index in [4.69, 9.17) is 14.6 Å². The summed E-state index contributed by atoms with van der Waals surface area (Å²) in [4.78, 5) is 10.3. The minimum Gasteiger partial charge on any atom is -0.481 e. The Morgan fingerprint density at radius 2 is 1.29 bits per heavy atom. The predicted octanol–water partition coefficient (Wildman–Crippen LogP) is 4.52. The van der Waals surface area contributed by atoms with Crippen molar-refractivity contribution in [1.82, 2.24) is 0 Å². The zero-order chi connectivity index (χ0) is 15.4. The van der Waals surface area contributed by atoms with Gasteiger partial charge in [-0.3, -0.25) is 4.79 Å². The van der Waals surface area contributed by atoms with Crippen LogP contribution in [-0.4, -0.2) is 30.1 Å². The molecule has 0 bridgehead atoms. The Morgan fingerprint density at radius 1 is 0.857 bits per heavy atom. The molecule has 0 aromatic carbocycles. The lowest BCUT2D eigenvalue weighted by Gasteiger charge is -2.21. The van der Waals surface area contributed by atoms with Crippen LogP contribution in [0.4, 0.5) is 0 Å². The van der Waals surface area contributed by atoms with Crippen molar-refractivity contribution in [2.24, 2.45) is 0 Å². The Kier molecular flexibility index (Phi) is 9.68. The fourth-order valence-corrected chi connectivity index (χ4v) is 2.84. The number of hydrogen-bond donors (Lipinski definition) is 1. The van der Waals surface area contributed by atoms with E-state index in [9.17, 15) is 4.79 Å². The van der Waals surface area contributed by atoms with Crippen molar-refractivity contribution in [1.29, 1.82) is 0 Å². The van der Waals surface area contributed by atoms with Crippen LogP contribution in [0.2, 0.25) is 0 Å². The molecule has 0 radical (unpaired) electrons. The molecule has 0 spiro atoms. The smallest absolute Gasteiger partial charge is 0.303 e. The first-order chi connectivity index (χ1) is 10.1. The Hall–Kier alpha value is -0.610. The van der Waals surface area contributed by atoms with Crippen LogP contribution in [0.1, 0.15) is 84.0 Å². The number of carbonyl (C=O) groups is 1. The molecule has 1 aliphatic heterocycles. The molecule has 1 rings (SSSR count). The lowest BCUT2D eigenvalue weighted by molar-refractivity contribution is -0.147. The van der Waals surface area contributed by atoms with E-state index < -0.39 is 5.97 Å². The van der Waals surface area contributed by atoms with E-state index in [0.717, 1.165) is 32.5 Å². The predicted molar refractivity (Wildman–Crippen MR) is 83.3 cm³/mol. The standard InChI is InChI=1S/C17H32O4/c1-17(20-14-15-21-17)13-11-9-7-5-3-2-4-6-8-10-12-16(18)19/h2-15H2,1H3,(H,18,19). The van der Waals surface area contributed by atoms with E-state index >= 15 is 0 Å². The van der Waals surface area contributed by atoms with Gasteiger partial charge in [0.25, 0.3) is 0 Å². The molecule has 0 aromatic heterocycles. The van der Waals surface area contributed by atoms with Gasteiger partial charge in [-0.25, -0.2) is 0 Å². The lowest BCUT2D eigenvalue weighted by Crippen LogP contribution is -2.24. The van der Waals surface area contributed by atoms with Crippen molar-refractivity contribution in [3.8, 4) is 0 Å². The van der Waals surface area contributed by atoms with Crippen LogP contribution < -0.4 is 0 Å². The first-order valence-electron chi connectivity index (χ1n) is 8.62. The number of rotatable bonds is 13. The van der Waals surface area contributed by atoms with Gasteiger partial charge in [0.05, 0.1) is 13.2 Å². The highest BCUT2D eigenvalue weighted by Crippen LogP contribution is 2.25. The summed E-state index contributed by atoms with van der Waals surface area (Å²) in [5.74, 6) is -0.979. The molecule has 1 heterocycles. The Morgan fingerprint density at radius 3 is 1.76 bits per heavy atom. The van der Waals surface area contributed by atoms with Gasteiger partial charge in [-0.05, 0) is 19.8 Å². The molecule has 0 unspecified atom stereocenters. The Labute approximate surface area is 129 Å². The molecule has 4 heteroatoms. The molecule has 1 N–H and O–H groups in total. The molecule has 21 heavy (non-hydrogen) atoms. The summed E-state index contributed by atoms with van der Waals surface area (Å²) in [5.41, 5.74) is 0. The SMILES string of the molecule is CC1(CCCCCCCCCCCCC(=O)O)OCCO1. The minimum absolute atomic E-state index is 0.310. The van der Waals surface area contributed by atoms with Crippen molar-refractivity contribution in [3.05, 3.63) is 0 Å². The van der Waals surface area contributed by atoms with E-state index in [2.05, 4.69) is 0 Å². The summed E-state index contributed by atoms with van der Waals surface area (Å²) in [6.45, 7) is 3.52. The van der Waals surface area contributed by atoms with Gasteiger partial charge in [0, 0.05) is 12.8 Å². The largest absolute Gasteiger partial charge is 0.481 e. The van der Waals surface area contributed by atoms with Gasteiger partial charge in [-0.1, -0.05) is 51.4 Å². The monoisotopic (exact) mass is 300 g/mol. The van der Waals surface area contributed by atoms with Crippen LogP contribution >= 0.6 is 0 Å². The van der Waals surface area contributed by atoms with Gasteiger partial charge < -0.3 is 14.6 Å². The van der Waals surface area contributed by atoms with Crippen LogP contribution in [0.25, 0.3) is 0 Å². The second-order valence-corrected chi connectivity index (χ2v) is 6.26. The maximum absolute atomic E-state index is 10.3. The molecule has 4 nitrogen and oxygen atoms in total. The third kappa shape index (κ3) is 9.86. The van der Waals surface area contributed by atoms with Crippen molar-refractivity contribution in [2.75, 3.05) is 13.2 Å². The maximum Gasteiger partial charge on any atom is 0.303 e. The van der Waals surface area contributed by atoms with Crippen molar-refractivity contribution in [3.63, 3.8) is 0 Å². The number of ether oxygens (including phenoxy) is 2. The zero-order valence-corrected chi connectivity index (χ0v) is 13.6. The first kappa shape index (κ1) is 18.4. The van der Waals surface area contributed by atoms with Crippen molar-refractivity contribution < 1.29 is 19.4 Å². The normalized spacial score (nSPS) is 17.2. The van der Waals surface area contributed by atoms with Crippen molar-refractivity contribution >= 4 is 5.97 Å². The Bertz CT molecular complexity index is 272. The molecular weight excluding hydrogens is 268 g/mol. The van der Waals surface area contributed by atoms with Crippen LogP contribution in [0, 0.1) is 0 Å². The van der Waals surface area contributed by atoms with Crippen LogP contribution in [-0.2, 0) is 14.3 Å². The number of aliphatic carboxylic acids is 1. The Balaban J connectivity index is 1.75. The average molecular weight is 300 g/mol. The molecule has 1 fully saturated rings. The van der Waals surface area contributed by atoms with E-state index in [1.807, 2.05) is 6.92 Å². The quantitative estimate of drug-likeness (QED) is 0.508. The molecule has 124 valence electrons. The fraction of sp³-hybridized carbons (Fsp3) is 0.941. The highest BCUT2D eigenvalue weighted by atomic mass is 16.7. The first-order valence-corrected chi connectivity index (χ1v) is 8.62. The average Bonchev–Trinajstić information content (AvgIpc) is 2.87. The summed E-state index contributed by atoms with van der Waals surface area (Å²) in [7, 11) is 0. The van der Waals surface area contributed by atoms with Gasteiger partial charge in [-0.2, -0.15) is 0 Å². The van der Waals surface area contributed by atoms with Gasteiger partial charge >= 0.3 is 5.97 Å². The second kappa shape index (κ2) is 11.0. The van der Waals surface area contributed by atoms with E-state index in [-0.39, 0.29) is 5.79 Å². The number of hydrogen-bond acceptors (Lipinski definition) is 3. The second-order valence-electron chi connectivity index (χ2n) is 6.26. The van der Waals surface area contributed by atoms with Gasteiger partial charge in [0.2, 0.25) is 0 Å². The molecule has 1 saturated heterocycles. The number of carboxylic acids is 1. The zero-order valence-electron chi connectivity index (χ0n) is 13.6. The fourth-order valence-electron chi connectivity index (χ4n) is 2.84. The minimum atomic E-state index is -0.669. The number of unbranched alkanes of at least 4 members (excludes halogenated alkanes) is 9. The van der Waals surface area contributed by atoms with Crippen molar-refractivity contribution in [2.45, 2.75) is 89.8 Å². The van der Waals surface area contributed by atoms with Crippen LogP contribution in [0.3, 0.4) is 0 Å². The third-order valence-corrected chi connectivity index (χ3v) is 4.17.